The van der Waals surface area contributed by atoms with Crippen molar-refractivity contribution in [3.8, 4) is 0 Å². The number of amides is 1. The van der Waals surface area contributed by atoms with E-state index in [0.717, 1.165) is 25.7 Å². The summed E-state index contributed by atoms with van der Waals surface area (Å²) in [6, 6.07) is 5.08. The van der Waals surface area contributed by atoms with Gasteiger partial charge in [0.1, 0.15) is 0 Å². The Bertz CT molecular complexity index is 712. The molecule has 0 aliphatic carbocycles. The Morgan fingerprint density at radius 1 is 1.27 bits per heavy atom. The van der Waals surface area contributed by atoms with Crippen molar-refractivity contribution in [2.45, 2.75) is 51.3 Å². The molecule has 0 saturated carbocycles. The van der Waals surface area contributed by atoms with Gasteiger partial charge in [-0.1, -0.05) is 32.8 Å². The molecule has 1 N–H and O–H groups in total. The van der Waals surface area contributed by atoms with E-state index in [-0.39, 0.29) is 16.7 Å². The summed E-state index contributed by atoms with van der Waals surface area (Å²) in [5.41, 5.74) is 1.20. The number of rotatable bonds is 8. The third-order valence-corrected chi connectivity index (χ3v) is 6.85. The van der Waals surface area contributed by atoms with Crippen LogP contribution in [0.3, 0.4) is 0 Å². The van der Waals surface area contributed by atoms with Crippen LogP contribution in [0.4, 0.5) is 5.69 Å². The van der Waals surface area contributed by atoms with Gasteiger partial charge in [0.05, 0.1) is 18.1 Å². The normalized spacial score (nSPS) is 17.0. The van der Waals surface area contributed by atoms with E-state index in [2.05, 4.69) is 12.2 Å². The van der Waals surface area contributed by atoms with E-state index < -0.39 is 10.0 Å². The van der Waals surface area contributed by atoms with Crippen molar-refractivity contribution in [3.05, 3.63) is 23.8 Å². The summed E-state index contributed by atoms with van der Waals surface area (Å²) in [5.74, 6) is -0.0879. The van der Waals surface area contributed by atoms with E-state index in [9.17, 15) is 13.2 Å². The number of aryl methyl sites for hydroxylation is 1. The van der Waals surface area contributed by atoms with Crippen LogP contribution in [-0.4, -0.2) is 44.9 Å². The van der Waals surface area contributed by atoms with E-state index in [1.165, 1.54) is 4.31 Å². The maximum Gasteiger partial charge on any atom is 0.243 e. The smallest absolute Gasteiger partial charge is 0.243 e. The summed E-state index contributed by atoms with van der Waals surface area (Å²) in [5, 5.41) is 2.90. The second-order valence-electron chi connectivity index (χ2n) is 6.73. The van der Waals surface area contributed by atoms with E-state index in [0.29, 0.717) is 37.6 Å². The lowest BCUT2D eigenvalue weighted by Gasteiger charge is -2.27. The molecule has 1 heterocycles. The van der Waals surface area contributed by atoms with Crippen LogP contribution in [-0.2, 0) is 19.6 Å². The second-order valence-corrected chi connectivity index (χ2v) is 8.64. The van der Waals surface area contributed by atoms with Crippen LogP contribution in [0.1, 0.15) is 45.1 Å². The zero-order valence-electron chi connectivity index (χ0n) is 16.0. The minimum atomic E-state index is -3.59. The van der Waals surface area contributed by atoms with Crippen LogP contribution in [0.2, 0.25) is 0 Å². The first kappa shape index (κ1) is 20.9. The average molecular weight is 383 g/mol. The highest BCUT2D eigenvalue weighted by Gasteiger charge is 2.28. The Morgan fingerprint density at radius 3 is 2.58 bits per heavy atom. The molecule has 1 aliphatic heterocycles. The summed E-state index contributed by atoms with van der Waals surface area (Å²) in [6.07, 6.45) is 3.69. The Morgan fingerprint density at radius 2 is 1.96 bits per heavy atom. The largest absolute Gasteiger partial charge is 0.379 e. The Hall–Kier alpha value is -1.44. The third kappa shape index (κ3) is 5.05. The third-order valence-electron chi connectivity index (χ3n) is 4.81. The van der Waals surface area contributed by atoms with Gasteiger partial charge in [0.2, 0.25) is 15.9 Å². The molecule has 7 heteroatoms. The predicted molar refractivity (Wildman–Crippen MR) is 103 cm³/mol. The first-order valence-corrected chi connectivity index (χ1v) is 10.8. The van der Waals surface area contributed by atoms with E-state index >= 15 is 0 Å². The quantitative estimate of drug-likeness (QED) is 0.749. The molecule has 0 aromatic heterocycles. The molecule has 2 rings (SSSR count). The van der Waals surface area contributed by atoms with Crippen LogP contribution < -0.4 is 5.32 Å². The Kier molecular flexibility index (Phi) is 7.61. The summed E-state index contributed by atoms with van der Waals surface area (Å²) in [6.45, 7) is 7.40. The van der Waals surface area contributed by atoms with Gasteiger partial charge in [0.25, 0.3) is 0 Å². The highest BCUT2D eigenvalue weighted by Crippen LogP contribution is 2.25. The second kappa shape index (κ2) is 9.48. The molecule has 1 atom stereocenters. The maximum atomic E-state index is 12.9. The molecule has 1 aromatic rings. The highest BCUT2D eigenvalue weighted by molar-refractivity contribution is 7.89. The Labute approximate surface area is 157 Å². The molecule has 0 radical (unpaired) electrons. The topological polar surface area (TPSA) is 75.7 Å². The molecule has 146 valence electrons. The van der Waals surface area contributed by atoms with Crippen molar-refractivity contribution < 1.29 is 17.9 Å². The lowest BCUT2D eigenvalue weighted by atomic mass is 9.98. The number of nitrogens with one attached hydrogen (secondary N) is 1. The van der Waals surface area contributed by atoms with Crippen LogP contribution >= 0.6 is 0 Å². The van der Waals surface area contributed by atoms with Gasteiger partial charge in [-0.3, -0.25) is 4.79 Å². The summed E-state index contributed by atoms with van der Waals surface area (Å²) < 4.78 is 32.6. The number of ether oxygens (including phenoxy) is 1. The number of sulfonamides is 1. The highest BCUT2D eigenvalue weighted by atomic mass is 32.2. The van der Waals surface area contributed by atoms with Gasteiger partial charge in [-0.2, -0.15) is 4.31 Å². The molecule has 1 unspecified atom stereocenters. The van der Waals surface area contributed by atoms with Crippen LogP contribution in [0.15, 0.2) is 23.1 Å². The van der Waals surface area contributed by atoms with E-state index in [4.69, 9.17) is 4.74 Å². The zero-order valence-corrected chi connectivity index (χ0v) is 16.8. The fraction of sp³-hybridized carbons (Fsp3) is 0.632. The van der Waals surface area contributed by atoms with Gasteiger partial charge in [-0.15, -0.1) is 0 Å². The standard InChI is InChI=1S/C19H30N2O4S/c1-4-6-7-16(5-2)19(22)20-17-9-8-15(3)18(14-17)26(23,24)21-10-12-25-13-11-21/h8-9,14,16H,4-7,10-13H2,1-3H3,(H,20,22). The molecule has 1 fully saturated rings. The fourth-order valence-corrected chi connectivity index (χ4v) is 4.76. The lowest BCUT2D eigenvalue weighted by molar-refractivity contribution is -0.120. The lowest BCUT2D eigenvalue weighted by Crippen LogP contribution is -2.40. The minimum Gasteiger partial charge on any atom is -0.379 e. The summed E-state index contributed by atoms with van der Waals surface area (Å²) in [4.78, 5) is 12.8. The van der Waals surface area contributed by atoms with Crippen molar-refractivity contribution in [3.63, 3.8) is 0 Å². The summed E-state index contributed by atoms with van der Waals surface area (Å²) in [7, 11) is -3.59. The van der Waals surface area contributed by atoms with Gasteiger partial charge in [0.15, 0.2) is 0 Å². The van der Waals surface area contributed by atoms with Crippen molar-refractivity contribution >= 4 is 21.6 Å². The van der Waals surface area contributed by atoms with Crippen LogP contribution in [0, 0.1) is 12.8 Å². The number of benzene rings is 1. The first-order chi connectivity index (χ1) is 12.4. The number of nitrogens with zero attached hydrogens (tertiary/aromatic N) is 1. The molecular weight excluding hydrogens is 352 g/mol. The number of hydrogen-bond donors (Lipinski definition) is 1. The number of morpholine rings is 1. The van der Waals surface area contributed by atoms with Gasteiger partial charge >= 0.3 is 0 Å². The predicted octanol–water partition coefficient (Wildman–Crippen LogP) is 3.17. The van der Waals surface area contributed by atoms with Gasteiger partial charge < -0.3 is 10.1 Å². The molecule has 0 bridgehead atoms. The van der Waals surface area contributed by atoms with Crippen molar-refractivity contribution in [2.24, 2.45) is 5.92 Å². The molecule has 0 spiro atoms. The average Bonchev–Trinajstić information content (AvgIpc) is 2.64. The molecule has 1 saturated heterocycles. The minimum absolute atomic E-state index is 0.0421. The van der Waals surface area contributed by atoms with E-state index in [1.807, 2.05) is 6.92 Å². The van der Waals surface area contributed by atoms with Crippen molar-refractivity contribution in [2.75, 3.05) is 31.6 Å². The van der Waals surface area contributed by atoms with Crippen molar-refractivity contribution in [1.29, 1.82) is 0 Å². The van der Waals surface area contributed by atoms with E-state index in [1.54, 1.807) is 25.1 Å². The number of hydrogen-bond acceptors (Lipinski definition) is 4. The molecule has 1 amide bonds. The number of unbranched alkanes of at least 4 members (excludes halogenated alkanes) is 1. The Balaban J connectivity index is 2.19. The van der Waals surface area contributed by atoms with Crippen LogP contribution in [0.5, 0.6) is 0 Å². The van der Waals surface area contributed by atoms with Gasteiger partial charge in [-0.05, 0) is 37.5 Å². The van der Waals surface area contributed by atoms with Crippen molar-refractivity contribution in [1.82, 2.24) is 4.31 Å². The first-order valence-electron chi connectivity index (χ1n) is 9.39. The molecular formula is C19H30N2O4S. The van der Waals surface area contributed by atoms with Gasteiger partial charge in [0, 0.05) is 24.7 Å². The number of carbonyl (C=O) groups excluding carboxylic acids is 1. The SMILES string of the molecule is CCCCC(CC)C(=O)Nc1ccc(C)c(S(=O)(=O)N2CCOCC2)c1. The summed E-state index contributed by atoms with van der Waals surface area (Å²) >= 11 is 0. The number of anilines is 1. The zero-order chi connectivity index (χ0) is 19.2. The molecule has 1 aromatic carbocycles. The maximum absolute atomic E-state index is 12.9. The molecule has 6 nitrogen and oxygen atoms in total. The fourth-order valence-electron chi connectivity index (χ4n) is 3.10. The van der Waals surface area contributed by atoms with Gasteiger partial charge in [-0.25, -0.2) is 8.42 Å². The van der Waals surface area contributed by atoms with Crippen LogP contribution in [0.25, 0.3) is 0 Å². The number of carbonyl (C=O) groups is 1. The molecule has 26 heavy (non-hydrogen) atoms. The monoisotopic (exact) mass is 382 g/mol. The molecule has 1 aliphatic rings.